The summed E-state index contributed by atoms with van der Waals surface area (Å²) in [5.74, 6) is 0.895. The largest absolute Gasteiger partial charge is 0.385 e. The molecule has 1 aliphatic carbocycles. The minimum absolute atomic E-state index is 0.249. The Bertz CT molecular complexity index is 564. The maximum atomic E-state index is 5.29. The molecule has 1 aromatic heterocycles. The number of methoxy groups -OCH3 is 1. The van der Waals surface area contributed by atoms with Crippen LogP contribution in [0.5, 0.6) is 0 Å². The zero-order valence-corrected chi connectivity index (χ0v) is 17.1. The van der Waals surface area contributed by atoms with Crippen LogP contribution in [0, 0.1) is 5.41 Å². The molecule has 2 rings (SSSR count). The Labute approximate surface area is 158 Å². The third-order valence-electron chi connectivity index (χ3n) is 5.36. The number of aliphatic imine (C=N–C) groups is 1. The lowest BCUT2D eigenvalue weighted by atomic mass is 9.67. The number of nitrogens with zero attached hydrogens (tertiary/aromatic N) is 4. The second-order valence-electron chi connectivity index (χ2n) is 7.60. The van der Waals surface area contributed by atoms with E-state index in [1.807, 2.05) is 17.9 Å². The van der Waals surface area contributed by atoms with Crippen LogP contribution in [0.15, 0.2) is 17.4 Å². The summed E-state index contributed by atoms with van der Waals surface area (Å²) in [6, 6.07) is 0.249. The van der Waals surface area contributed by atoms with Gasteiger partial charge in [-0.3, -0.25) is 9.67 Å². The van der Waals surface area contributed by atoms with Crippen molar-refractivity contribution < 1.29 is 4.74 Å². The van der Waals surface area contributed by atoms with Crippen molar-refractivity contribution in [1.82, 2.24) is 25.3 Å². The summed E-state index contributed by atoms with van der Waals surface area (Å²) in [4.78, 5) is 7.10. The predicted molar refractivity (Wildman–Crippen MR) is 106 cm³/mol. The second kappa shape index (κ2) is 9.92. The summed E-state index contributed by atoms with van der Waals surface area (Å²) in [6.07, 6.45) is 8.94. The standard InChI is InChI=1S/C19H36N6O/c1-6-20-18(22-15-19(8-7-9-19)10-11-26-5)21-13-17(24(2)3)16-12-23-25(4)14-16/h12,14,17H,6-11,13,15H2,1-5H3,(H2,20,21,22). The van der Waals surface area contributed by atoms with Gasteiger partial charge < -0.3 is 20.3 Å². The average molecular weight is 365 g/mol. The van der Waals surface area contributed by atoms with Gasteiger partial charge in [-0.2, -0.15) is 5.10 Å². The first-order chi connectivity index (χ1) is 12.5. The molecule has 0 aliphatic heterocycles. The summed E-state index contributed by atoms with van der Waals surface area (Å²) >= 11 is 0. The SMILES string of the molecule is CCNC(=NCC1(CCOC)CCC1)NCC(c1cnn(C)c1)N(C)C. The highest BCUT2D eigenvalue weighted by atomic mass is 16.5. The van der Waals surface area contributed by atoms with E-state index in [-0.39, 0.29) is 6.04 Å². The van der Waals surface area contributed by atoms with E-state index in [1.54, 1.807) is 7.11 Å². The van der Waals surface area contributed by atoms with Crippen molar-refractivity contribution in [3.05, 3.63) is 18.0 Å². The number of guanidine groups is 1. The monoisotopic (exact) mass is 364 g/mol. The molecule has 0 spiro atoms. The number of likely N-dealkylation sites (N-methyl/N-ethyl adjacent to an activating group) is 1. The van der Waals surface area contributed by atoms with E-state index in [9.17, 15) is 0 Å². The molecule has 148 valence electrons. The van der Waals surface area contributed by atoms with Gasteiger partial charge >= 0.3 is 0 Å². The molecule has 1 fully saturated rings. The lowest BCUT2D eigenvalue weighted by molar-refractivity contribution is 0.0778. The van der Waals surface area contributed by atoms with Crippen LogP contribution in [0.3, 0.4) is 0 Å². The zero-order chi connectivity index (χ0) is 19.0. The molecule has 0 amide bonds. The number of ether oxygens (including phenoxy) is 1. The van der Waals surface area contributed by atoms with E-state index in [0.29, 0.717) is 5.41 Å². The Morgan fingerprint density at radius 1 is 1.42 bits per heavy atom. The highest BCUT2D eigenvalue weighted by Gasteiger charge is 2.36. The molecule has 7 heteroatoms. The molecule has 1 atom stereocenters. The smallest absolute Gasteiger partial charge is 0.191 e. The Balaban J connectivity index is 1.97. The first kappa shape index (κ1) is 20.7. The van der Waals surface area contributed by atoms with Crippen molar-refractivity contribution in [1.29, 1.82) is 0 Å². The van der Waals surface area contributed by atoms with Crippen LogP contribution in [0.4, 0.5) is 0 Å². The maximum Gasteiger partial charge on any atom is 0.191 e. The van der Waals surface area contributed by atoms with E-state index >= 15 is 0 Å². The molecule has 1 aliphatic rings. The Morgan fingerprint density at radius 3 is 2.69 bits per heavy atom. The molecule has 0 saturated heterocycles. The van der Waals surface area contributed by atoms with Crippen molar-refractivity contribution >= 4 is 5.96 Å². The van der Waals surface area contributed by atoms with Crippen LogP contribution in [0.1, 0.15) is 44.2 Å². The van der Waals surface area contributed by atoms with Crippen molar-refractivity contribution in [3.63, 3.8) is 0 Å². The molecule has 0 aromatic carbocycles. The summed E-state index contributed by atoms with van der Waals surface area (Å²) in [6.45, 7) is 5.44. The van der Waals surface area contributed by atoms with Gasteiger partial charge in [-0.15, -0.1) is 0 Å². The van der Waals surface area contributed by atoms with Gasteiger partial charge in [0.05, 0.1) is 12.2 Å². The van der Waals surface area contributed by atoms with Crippen LogP contribution in [-0.2, 0) is 11.8 Å². The lowest BCUT2D eigenvalue weighted by Crippen LogP contribution is -2.43. The van der Waals surface area contributed by atoms with Crippen LogP contribution in [0.2, 0.25) is 0 Å². The van der Waals surface area contributed by atoms with Crippen LogP contribution >= 0.6 is 0 Å². The van der Waals surface area contributed by atoms with Gasteiger partial charge in [0.15, 0.2) is 5.96 Å². The Kier molecular flexibility index (Phi) is 7.90. The molecule has 26 heavy (non-hydrogen) atoms. The minimum atomic E-state index is 0.249. The van der Waals surface area contributed by atoms with Gasteiger partial charge in [0.1, 0.15) is 0 Å². The highest BCUT2D eigenvalue weighted by Crippen LogP contribution is 2.44. The fourth-order valence-electron chi connectivity index (χ4n) is 3.48. The number of aryl methyl sites for hydroxylation is 1. The van der Waals surface area contributed by atoms with Gasteiger partial charge in [0, 0.05) is 52.2 Å². The van der Waals surface area contributed by atoms with E-state index in [1.165, 1.54) is 24.8 Å². The number of hydrogen-bond acceptors (Lipinski definition) is 4. The quantitative estimate of drug-likeness (QED) is 0.489. The van der Waals surface area contributed by atoms with Gasteiger partial charge in [-0.05, 0) is 45.7 Å². The van der Waals surface area contributed by atoms with Crippen molar-refractivity contribution in [2.75, 3.05) is 47.4 Å². The van der Waals surface area contributed by atoms with Crippen LogP contribution in [0.25, 0.3) is 0 Å². The molecule has 1 saturated carbocycles. The zero-order valence-electron chi connectivity index (χ0n) is 17.1. The first-order valence-electron chi connectivity index (χ1n) is 9.66. The predicted octanol–water partition coefficient (Wildman–Crippen LogP) is 1.78. The van der Waals surface area contributed by atoms with E-state index in [0.717, 1.165) is 38.6 Å². The van der Waals surface area contributed by atoms with E-state index < -0.39 is 0 Å². The minimum Gasteiger partial charge on any atom is -0.385 e. The molecule has 1 heterocycles. The first-order valence-corrected chi connectivity index (χ1v) is 9.66. The maximum absolute atomic E-state index is 5.29. The van der Waals surface area contributed by atoms with E-state index in [2.05, 4.69) is 47.8 Å². The van der Waals surface area contributed by atoms with Gasteiger partial charge in [0.2, 0.25) is 0 Å². The topological polar surface area (TPSA) is 66.7 Å². The van der Waals surface area contributed by atoms with Crippen molar-refractivity contribution in [2.45, 2.75) is 38.6 Å². The fourth-order valence-corrected chi connectivity index (χ4v) is 3.48. The molecule has 7 nitrogen and oxygen atoms in total. The van der Waals surface area contributed by atoms with Gasteiger partial charge in [-0.25, -0.2) is 0 Å². The molecular weight excluding hydrogens is 328 g/mol. The number of aromatic nitrogens is 2. The molecule has 0 radical (unpaired) electrons. The van der Waals surface area contributed by atoms with E-state index in [4.69, 9.17) is 9.73 Å². The number of rotatable bonds is 10. The van der Waals surface area contributed by atoms with Crippen LogP contribution < -0.4 is 10.6 Å². The highest BCUT2D eigenvalue weighted by molar-refractivity contribution is 5.79. The fraction of sp³-hybridized carbons (Fsp3) is 0.789. The van der Waals surface area contributed by atoms with Crippen LogP contribution in [-0.4, -0.2) is 68.1 Å². The van der Waals surface area contributed by atoms with Gasteiger partial charge in [-0.1, -0.05) is 6.42 Å². The second-order valence-corrected chi connectivity index (χ2v) is 7.60. The van der Waals surface area contributed by atoms with Gasteiger partial charge in [0.25, 0.3) is 0 Å². The lowest BCUT2D eigenvalue weighted by Gasteiger charge is -2.40. The molecule has 0 bridgehead atoms. The summed E-state index contributed by atoms with van der Waals surface area (Å²) < 4.78 is 7.14. The Morgan fingerprint density at radius 2 is 2.19 bits per heavy atom. The third kappa shape index (κ3) is 5.71. The summed E-state index contributed by atoms with van der Waals surface area (Å²) in [5, 5.41) is 11.2. The number of nitrogens with one attached hydrogen (secondary N) is 2. The molecule has 2 N–H and O–H groups in total. The normalized spacial score (nSPS) is 17.8. The average Bonchev–Trinajstić information content (AvgIpc) is 2.99. The summed E-state index contributed by atoms with van der Waals surface area (Å²) in [7, 11) is 7.92. The van der Waals surface area contributed by atoms with Crippen molar-refractivity contribution in [3.8, 4) is 0 Å². The molecule has 1 aromatic rings. The molecular formula is C19H36N6O. The van der Waals surface area contributed by atoms with Crippen molar-refractivity contribution in [2.24, 2.45) is 17.5 Å². The number of hydrogen-bond donors (Lipinski definition) is 2. The Hall–Kier alpha value is -1.60. The summed E-state index contributed by atoms with van der Waals surface area (Å²) in [5.41, 5.74) is 1.54. The molecule has 1 unspecified atom stereocenters. The third-order valence-corrected chi connectivity index (χ3v) is 5.36.